The molecule has 0 spiro atoms. The summed E-state index contributed by atoms with van der Waals surface area (Å²) in [5, 5.41) is 0. The number of ether oxygens (including phenoxy) is 1. The van der Waals surface area contributed by atoms with Crippen LogP contribution in [-0.4, -0.2) is 32.8 Å². The molecule has 0 bridgehead atoms. The highest BCUT2D eigenvalue weighted by atomic mass is 16.5. The molecule has 1 fully saturated rings. The summed E-state index contributed by atoms with van der Waals surface area (Å²) < 4.78 is 5.37. The van der Waals surface area contributed by atoms with E-state index in [1.165, 1.54) is 16.8 Å². The van der Waals surface area contributed by atoms with Gasteiger partial charge in [0.05, 0.1) is 13.2 Å². The topological polar surface area (TPSA) is 38.5 Å². The summed E-state index contributed by atoms with van der Waals surface area (Å²) in [4.78, 5) is 2.39. The monoisotopic (exact) mass is 220 g/mol. The predicted octanol–water partition coefficient (Wildman–Crippen LogP) is 1.33. The van der Waals surface area contributed by atoms with Gasteiger partial charge in [-0.1, -0.05) is 12.1 Å². The molecule has 0 aliphatic carbocycles. The minimum absolute atomic E-state index is 0.719. The van der Waals surface area contributed by atoms with Crippen molar-refractivity contribution in [1.82, 2.24) is 0 Å². The molecule has 88 valence electrons. The van der Waals surface area contributed by atoms with E-state index >= 15 is 0 Å². The summed E-state index contributed by atoms with van der Waals surface area (Å²) in [6.07, 6.45) is 0.963. The van der Waals surface area contributed by atoms with Crippen molar-refractivity contribution in [2.24, 2.45) is 5.73 Å². The highest BCUT2D eigenvalue weighted by Gasteiger charge is 2.12. The van der Waals surface area contributed by atoms with Gasteiger partial charge in [0.15, 0.2) is 0 Å². The van der Waals surface area contributed by atoms with E-state index in [0.29, 0.717) is 0 Å². The average Bonchev–Trinajstić information content (AvgIpc) is 2.31. The Morgan fingerprint density at radius 1 is 1.31 bits per heavy atom. The molecular weight excluding hydrogens is 200 g/mol. The molecule has 0 radical (unpaired) electrons. The number of aryl methyl sites for hydroxylation is 1. The van der Waals surface area contributed by atoms with E-state index in [1.807, 2.05) is 0 Å². The highest BCUT2D eigenvalue weighted by Crippen LogP contribution is 2.22. The Morgan fingerprint density at radius 2 is 2.06 bits per heavy atom. The molecule has 1 saturated heterocycles. The third kappa shape index (κ3) is 2.54. The maximum Gasteiger partial charge on any atom is 0.0642 e. The van der Waals surface area contributed by atoms with Gasteiger partial charge in [0.25, 0.3) is 0 Å². The molecular formula is C13H20N2O. The summed E-state index contributed by atoms with van der Waals surface area (Å²) >= 11 is 0. The molecule has 2 N–H and O–H groups in total. The van der Waals surface area contributed by atoms with Crippen LogP contribution in [0.1, 0.15) is 11.1 Å². The van der Waals surface area contributed by atoms with Gasteiger partial charge < -0.3 is 15.4 Å². The van der Waals surface area contributed by atoms with E-state index in [-0.39, 0.29) is 0 Å². The van der Waals surface area contributed by atoms with Crippen molar-refractivity contribution in [3.63, 3.8) is 0 Å². The molecule has 1 aromatic rings. The molecule has 3 nitrogen and oxygen atoms in total. The Balaban J connectivity index is 2.14. The quantitative estimate of drug-likeness (QED) is 0.835. The SMILES string of the molecule is Cc1cc(CCN)ccc1N1CCOCC1. The lowest BCUT2D eigenvalue weighted by atomic mass is 10.1. The molecule has 0 amide bonds. The molecule has 0 saturated carbocycles. The zero-order valence-corrected chi connectivity index (χ0v) is 9.91. The summed E-state index contributed by atoms with van der Waals surface area (Å²) in [5.41, 5.74) is 9.57. The van der Waals surface area contributed by atoms with Crippen LogP contribution >= 0.6 is 0 Å². The van der Waals surface area contributed by atoms with Crippen LogP contribution < -0.4 is 10.6 Å². The number of anilines is 1. The number of rotatable bonds is 3. The Hall–Kier alpha value is -1.06. The first-order chi connectivity index (χ1) is 7.81. The second kappa shape index (κ2) is 5.32. The second-order valence-electron chi connectivity index (χ2n) is 4.26. The molecule has 16 heavy (non-hydrogen) atoms. The summed E-state index contributed by atoms with van der Waals surface area (Å²) in [7, 11) is 0. The van der Waals surface area contributed by atoms with Crippen molar-refractivity contribution < 1.29 is 4.74 Å². The lowest BCUT2D eigenvalue weighted by Crippen LogP contribution is -2.36. The van der Waals surface area contributed by atoms with E-state index in [2.05, 4.69) is 30.0 Å². The number of benzene rings is 1. The Bertz CT molecular complexity index is 346. The molecule has 1 aromatic carbocycles. The van der Waals surface area contributed by atoms with Gasteiger partial charge in [-0.15, -0.1) is 0 Å². The molecule has 1 aliphatic heterocycles. The number of nitrogens with zero attached hydrogens (tertiary/aromatic N) is 1. The fourth-order valence-corrected chi connectivity index (χ4v) is 2.20. The van der Waals surface area contributed by atoms with Gasteiger partial charge in [-0.05, 0) is 37.1 Å². The second-order valence-corrected chi connectivity index (χ2v) is 4.26. The Kier molecular flexibility index (Phi) is 3.80. The molecule has 0 atom stereocenters. The predicted molar refractivity (Wildman–Crippen MR) is 67.0 cm³/mol. The molecule has 0 unspecified atom stereocenters. The fraction of sp³-hybridized carbons (Fsp3) is 0.538. The van der Waals surface area contributed by atoms with E-state index < -0.39 is 0 Å². The van der Waals surface area contributed by atoms with Crippen LogP contribution in [0.3, 0.4) is 0 Å². The van der Waals surface area contributed by atoms with Crippen LogP contribution in [-0.2, 0) is 11.2 Å². The van der Waals surface area contributed by atoms with Crippen LogP contribution in [0.2, 0.25) is 0 Å². The van der Waals surface area contributed by atoms with Crippen LogP contribution in [0.15, 0.2) is 18.2 Å². The zero-order chi connectivity index (χ0) is 11.4. The van der Waals surface area contributed by atoms with Crippen molar-refractivity contribution in [3.05, 3.63) is 29.3 Å². The molecule has 1 heterocycles. The number of nitrogens with two attached hydrogens (primary N) is 1. The van der Waals surface area contributed by atoms with Gasteiger partial charge >= 0.3 is 0 Å². The highest BCUT2D eigenvalue weighted by molar-refractivity contribution is 5.54. The third-order valence-corrected chi connectivity index (χ3v) is 3.05. The van der Waals surface area contributed by atoms with Crippen molar-refractivity contribution in [3.8, 4) is 0 Å². The number of morpholine rings is 1. The van der Waals surface area contributed by atoms with E-state index in [9.17, 15) is 0 Å². The smallest absolute Gasteiger partial charge is 0.0642 e. The minimum Gasteiger partial charge on any atom is -0.378 e. The van der Waals surface area contributed by atoms with Crippen molar-refractivity contribution in [1.29, 1.82) is 0 Å². The van der Waals surface area contributed by atoms with Gasteiger partial charge in [0.2, 0.25) is 0 Å². The van der Waals surface area contributed by atoms with Crippen molar-refractivity contribution >= 4 is 5.69 Å². The van der Waals surface area contributed by atoms with Gasteiger partial charge in [0.1, 0.15) is 0 Å². The van der Waals surface area contributed by atoms with Gasteiger partial charge in [-0.2, -0.15) is 0 Å². The number of hydrogen-bond donors (Lipinski definition) is 1. The normalized spacial score (nSPS) is 16.5. The van der Waals surface area contributed by atoms with E-state index in [1.54, 1.807) is 0 Å². The molecule has 3 heteroatoms. The Morgan fingerprint density at radius 3 is 2.69 bits per heavy atom. The molecule has 0 aromatic heterocycles. The average molecular weight is 220 g/mol. The first kappa shape index (κ1) is 11.4. The third-order valence-electron chi connectivity index (χ3n) is 3.05. The first-order valence-electron chi connectivity index (χ1n) is 5.93. The molecule has 1 aliphatic rings. The largest absolute Gasteiger partial charge is 0.378 e. The zero-order valence-electron chi connectivity index (χ0n) is 9.91. The van der Waals surface area contributed by atoms with Crippen molar-refractivity contribution in [2.45, 2.75) is 13.3 Å². The standard InChI is InChI=1S/C13H20N2O/c1-11-10-12(4-5-14)2-3-13(11)15-6-8-16-9-7-15/h2-3,10H,4-9,14H2,1H3. The lowest BCUT2D eigenvalue weighted by Gasteiger charge is -2.30. The van der Waals surface area contributed by atoms with Crippen molar-refractivity contribution in [2.75, 3.05) is 37.7 Å². The lowest BCUT2D eigenvalue weighted by molar-refractivity contribution is 0.122. The summed E-state index contributed by atoms with van der Waals surface area (Å²) in [6, 6.07) is 6.65. The van der Waals surface area contributed by atoms with E-state index in [0.717, 1.165) is 39.3 Å². The van der Waals surface area contributed by atoms with Crippen LogP contribution in [0, 0.1) is 6.92 Å². The molecule has 2 rings (SSSR count). The van der Waals surface area contributed by atoms with Gasteiger partial charge in [0, 0.05) is 18.8 Å². The van der Waals surface area contributed by atoms with Gasteiger partial charge in [-0.25, -0.2) is 0 Å². The van der Waals surface area contributed by atoms with Crippen LogP contribution in [0.5, 0.6) is 0 Å². The summed E-state index contributed by atoms with van der Waals surface area (Å²) in [5.74, 6) is 0. The number of hydrogen-bond acceptors (Lipinski definition) is 3. The Labute approximate surface area is 97.2 Å². The minimum atomic E-state index is 0.719. The van der Waals surface area contributed by atoms with Crippen LogP contribution in [0.4, 0.5) is 5.69 Å². The van der Waals surface area contributed by atoms with Gasteiger partial charge in [-0.3, -0.25) is 0 Å². The fourth-order valence-electron chi connectivity index (χ4n) is 2.20. The van der Waals surface area contributed by atoms with E-state index in [4.69, 9.17) is 10.5 Å². The maximum absolute atomic E-state index is 5.56. The first-order valence-corrected chi connectivity index (χ1v) is 5.93. The van der Waals surface area contributed by atoms with Crippen LogP contribution in [0.25, 0.3) is 0 Å². The maximum atomic E-state index is 5.56. The summed E-state index contributed by atoms with van der Waals surface area (Å²) in [6.45, 7) is 6.56.